The van der Waals surface area contributed by atoms with Crippen molar-refractivity contribution in [1.29, 1.82) is 0 Å². The molecule has 1 aliphatic rings. The van der Waals surface area contributed by atoms with Crippen molar-refractivity contribution in [3.05, 3.63) is 64.4 Å². The van der Waals surface area contributed by atoms with E-state index in [9.17, 15) is 9.18 Å². The fourth-order valence-corrected chi connectivity index (χ4v) is 3.79. The predicted octanol–water partition coefficient (Wildman–Crippen LogP) is 5.98. The maximum absolute atomic E-state index is 15.1. The fraction of sp³-hybridized carbons (Fsp3) is 0.435. The van der Waals surface area contributed by atoms with Crippen LogP contribution < -0.4 is 4.74 Å². The summed E-state index contributed by atoms with van der Waals surface area (Å²) in [5.41, 5.74) is 0.228. The van der Waals surface area contributed by atoms with Gasteiger partial charge in [-0.15, -0.1) is 0 Å². The number of benzene rings is 2. The zero-order valence-corrected chi connectivity index (χ0v) is 17.4. The number of rotatable bonds is 7. The molecule has 29 heavy (non-hydrogen) atoms. The number of carbonyl (C=O) groups excluding carboxylic acids is 1. The van der Waals surface area contributed by atoms with Crippen molar-refractivity contribution in [3.8, 4) is 5.75 Å². The van der Waals surface area contributed by atoms with Crippen LogP contribution in [0.15, 0.2) is 42.5 Å². The first-order valence-corrected chi connectivity index (χ1v) is 10.4. The molecule has 0 saturated carbocycles. The van der Waals surface area contributed by atoms with Crippen LogP contribution in [0, 0.1) is 12.7 Å². The topological polar surface area (TPSA) is 29.5 Å². The summed E-state index contributed by atoms with van der Waals surface area (Å²) < 4.78 is 34.1. The van der Waals surface area contributed by atoms with E-state index in [4.69, 9.17) is 16.3 Å². The lowest BCUT2D eigenvalue weighted by Crippen LogP contribution is -2.44. The second-order valence-electron chi connectivity index (χ2n) is 7.69. The maximum atomic E-state index is 15.1. The summed E-state index contributed by atoms with van der Waals surface area (Å²) in [4.78, 5) is 14.2. The van der Waals surface area contributed by atoms with Gasteiger partial charge in [-0.25, -0.2) is 8.78 Å². The van der Waals surface area contributed by atoms with E-state index in [-0.39, 0.29) is 10.9 Å². The standard InChI is InChI=1S/C23H26ClF2NO2/c1-17-5-4-6-19(15-17)29-14-3-2-9-23(26)10-12-27(13-11-23)22(28)18-7-8-21(25)20(24)16-18/h4-8,15-16H,2-3,9-14H2,1H3. The molecule has 0 bridgehead atoms. The number of hydrogen-bond acceptors (Lipinski definition) is 2. The van der Waals surface area contributed by atoms with Crippen LogP contribution in [0.2, 0.25) is 5.02 Å². The number of amides is 1. The highest BCUT2D eigenvalue weighted by atomic mass is 35.5. The van der Waals surface area contributed by atoms with Crippen molar-refractivity contribution in [2.45, 2.75) is 44.7 Å². The number of piperidine rings is 1. The van der Waals surface area contributed by atoms with Gasteiger partial charge < -0.3 is 9.64 Å². The Morgan fingerprint density at radius 2 is 1.93 bits per heavy atom. The monoisotopic (exact) mass is 421 g/mol. The Morgan fingerprint density at radius 3 is 2.62 bits per heavy atom. The number of alkyl halides is 1. The largest absolute Gasteiger partial charge is 0.494 e. The fourth-order valence-electron chi connectivity index (χ4n) is 3.61. The van der Waals surface area contributed by atoms with Crippen LogP contribution in [0.3, 0.4) is 0 Å². The van der Waals surface area contributed by atoms with Crippen molar-refractivity contribution >= 4 is 17.5 Å². The summed E-state index contributed by atoms with van der Waals surface area (Å²) >= 11 is 5.76. The number of unbranched alkanes of at least 4 members (excludes halogenated alkanes) is 1. The van der Waals surface area contributed by atoms with Gasteiger partial charge in [-0.05, 0) is 74.9 Å². The molecule has 3 rings (SSSR count). The van der Waals surface area contributed by atoms with Crippen molar-refractivity contribution in [2.75, 3.05) is 19.7 Å². The number of aryl methyl sites for hydroxylation is 1. The Kier molecular flexibility index (Phi) is 7.12. The zero-order chi connectivity index (χ0) is 20.9. The highest BCUT2D eigenvalue weighted by Crippen LogP contribution is 2.32. The minimum Gasteiger partial charge on any atom is -0.494 e. The molecule has 1 amide bonds. The molecule has 6 heteroatoms. The van der Waals surface area contributed by atoms with E-state index in [2.05, 4.69) is 0 Å². The summed E-state index contributed by atoms with van der Waals surface area (Å²) in [5, 5.41) is -0.0828. The van der Waals surface area contributed by atoms with Gasteiger partial charge in [0.15, 0.2) is 0 Å². The number of ether oxygens (including phenoxy) is 1. The van der Waals surface area contributed by atoms with E-state index in [1.165, 1.54) is 18.2 Å². The lowest BCUT2D eigenvalue weighted by atomic mass is 9.88. The minimum atomic E-state index is -1.25. The molecule has 0 spiro atoms. The normalized spacial score (nSPS) is 15.9. The van der Waals surface area contributed by atoms with Crippen LogP contribution in [-0.4, -0.2) is 36.2 Å². The SMILES string of the molecule is Cc1cccc(OCCCCC2(F)CCN(C(=O)c3ccc(F)c(Cl)c3)CC2)c1. The molecule has 0 aliphatic carbocycles. The molecule has 0 radical (unpaired) electrons. The van der Waals surface area contributed by atoms with Gasteiger partial charge >= 0.3 is 0 Å². The van der Waals surface area contributed by atoms with Crippen LogP contribution in [0.1, 0.15) is 48.0 Å². The highest BCUT2D eigenvalue weighted by Gasteiger charge is 2.35. The molecule has 0 N–H and O–H groups in total. The van der Waals surface area contributed by atoms with Gasteiger partial charge in [0.05, 0.1) is 11.6 Å². The van der Waals surface area contributed by atoms with E-state index in [1.807, 2.05) is 31.2 Å². The molecule has 156 valence electrons. The number of nitrogens with zero attached hydrogens (tertiary/aromatic N) is 1. The molecule has 1 fully saturated rings. The average molecular weight is 422 g/mol. The van der Waals surface area contributed by atoms with Gasteiger partial charge in [0.2, 0.25) is 0 Å². The lowest BCUT2D eigenvalue weighted by Gasteiger charge is -2.36. The number of carbonyl (C=O) groups is 1. The van der Waals surface area contributed by atoms with Gasteiger partial charge in [-0.3, -0.25) is 4.79 Å². The molecular formula is C23H26ClF2NO2. The van der Waals surface area contributed by atoms with Gasteiger partial charge in [0.25, 0.3) is 5.91 Å². The molecule has 3 nitrogen and oxygen atoms in total. The van der Waals surface area contributed by atoms with Crippen molar-refractivity contribution in [3.63, 3.8) is 0 Å². The number of likely N-dealkylation sites (tertiary alicyclic amines) is 1. The number of hydrogen-bond donors (Lipinski definition) is 0. The highest BCUT2D eigenvalue weighted by molar-refractivity contribution is 6.31. The van der Waals surface area contributed by atoms with Crippen LogP contribution >= 0.6 is 11.6 Å². The van der Waals surface area contributed by atoms with Gasteiger partial charge in [0.1, 0.15) is 17.2 Å². The van der Waals surface area contributed by atoms with Crippen LogP contribution in [-0.2, 0) is 0 Å². The molecular weight excluding hydrogens is 396 g/mol. The quantitative estimate of drug-likeness (QED) is 0.514. The Hall–Kier alpha value is -2.14. The van der Waals surface area contributed by atoms with E-state index >= 15 is 4.39 Å². The van der Waals surface area contributed by atoms with Crippen molar-refractivity contribution < 1.29 is 18.3 Å². The predicted molar refractivity (Wildman–Crippen MR) is 111 cm³/mol. The van der Waals surface area contributed by atoms with Crippen LogP contribution in [0.25, 0.3) is 0 Å². The first kappa shape index (κ1) is 21.6. The third kappa shape index (κ3) is 5.92. The first-order chi connectivity index (χ1) is 13.9. The Labute approximate surface area is 175 Å². The molecule has 0 unspecified atom stereocenters. The Balaban J connectivity index is 1.40. The molecule has 0 aromatic heterocycles. The molecule has 1 heterocycles. The molecule has 1 saturated heterocycles. The smallest absolute Gasteiger partial charge is 0.253 e. The summed E-state index contributed by atoms with van der Waals surface area (Å²) in [6.45, 7) is 3.28. The molecule has 1 aliphatic heterocycles. The van der Waals surface area contributed by atoms with E-state index in [0.717, 1.165) is 24.2 Å². The van der Waals surface area contributed by atoms with E-state index < -0.39 is 11.5 Å². The summed E-state index contributed by atoms with van der Waals surface area (Å²) in [7, 11) is 0. The van der Waals surface area contributed by atoms with Crippen LogP contribution in [0.5, 0.6) is 5.75 Å². The summed E-state index contributed by atoms with van der Waals surface area (Å²) in [5.74, 6) is 0.0456. The zero-order valence-electron chi connectivity index (χ0n) is 16.6. The Bertz CT molecular complexity index is 851. The van der Waals surface area contributed by atoms with Gasteiger partial charge in [-0.2, -0.15) is 0 Å². The van der Waals surface area contributed by atoms with Gasteiger partial charge in [0, 0.05) is 18.7 Å². The van der Waals surface area contributed by atoms with Gasteiger partial charge in [-0.1, -0.05) is 23.7 Å². The minimum absolute atomic E-state index is 0.0828. The number of halogens is 3. The summed E-state index contributed by atoms with van der Waals surface area (Å²) in [6.07, 6.45) is 2.62. The third-order valence-corrected chi connectivity index (χ3v) is 5.68. The molecule has 2 aromatic carbocycles. The Morgan fingerprint density at radius 1 is 1.17 bits per heavy atom. The summed E-state index contributed by atoms with van der Waals surface area (Å²) in [6, 6.07) is 11.8. The van der Waals surface area contributed by atoms with E-state index in [1.54, 1.807) is 4.90 Å². The average Bonchev–Trinajstić information content (AvgIpc) is 2.70. The molecule has 2 aromatic rings. The second-order valence-corrected chi connectivity index (χ2v) is 8.10. The van der Waals surface area contributed by atoms with Crippen molar-refractivity contribution in [2.24, 2.45) is 0 Å². The first-order valence-electron chi connectivity index (χ1n) is 9.99. The maximum Gasteiger partial charge on any atom is 0.253 e. The third-order valence-electron chi connectivity index (χ3n) is 5.39. The second kappa shape index (κ2) is 9.57. The van der Waals surface area contributed by atoms with E-state index in [0.29, 0.717) is 44.5 Å². The lowest BCUT2D eigenvalue weighted by molar-refractivity contribution is 0.0382. The van der Waals surface area contributed by atoms with Crippen molar-refractivity contribution in [1.82, 2.24) is 4.90 Å². The van der Waals surface area contributed by atoms with Crippen LogP contribution in [0.4, 0.5) is 8.78 Å². The molecule has 0 atom stereocenters.